The number of fused-ring (bicyclic) bond motifs is 4. The Hall–Kier alpha value is -3.17. The van der Waals surface area contributed by atoms with Gasteiger partial charge in [-0.05, 0) is 43.7 Å². The smallest absolute Gasteiger partial charge is 0.236 e. The number of aromatic nitrogens is 3. The van der Waals surface area contributed by atoms with Crippen molar-refractivity contribution in [2.45, 2.75) is 13.8 Å². The molecule has 0 amide bonds. The van der Waals surface area contributed by atoms with Crippen molar-refractivity contribution in [2.24, 2.45) is 0 Å². The van der Waals surface area contributed by atoms with E-state index < -0.39 is 0 Å². The van der Waals surface area contributed by atoms with E-state index >= 15 is 0 Å². The zero-order valence-electron chi connectivity index (χ0n) is 18.0. The first-order valence-corrected chi connectivity index (χ1v) is 11.6. The molecule has 5 heterocycles. The number of ether oxygens (including phenoxy) is 3. The molecular formula is C23H23N5O3S. The third-order valence-electron chi connectivity index (χ3n) is 5.79. The van der Waals surface area contributed by atoms with Crippen molar-refractivity contribution < 1.29 is 14.2 Å². The summed E-state index contributed by atoms with van der Waals surface area (Å²) < 4.78 is 17.9. The standard InChI is InChI=1S/C23H23N5O3S/c1-3-29-21-20-19(26-23(27-21)28-8-6-24-7-9-28)18-13(2)10-15(25-22(18)32-20)14-4-5-16-17(11-14)31-12-30-16/h4-5,10-11,24H,3,6-9,12H2,1-2H3. The van der Waals surface area contributed by atoms with Gasteiger partial charge in [-0.1, -0.05) is 0 Å². The lowest BCUT2D eigenvalue weighted by Gasteiger charge is -2.27. The second-order valence-corrected chi connectivity index (χ2v) is 8.85. The second-order valence-electron chi connectivity index (χ2n) is 7.85. The Morgan fingerprint density at radius 2 is 1.94 bits per heavy atom. The van der Waals surface area contributed by atoms with Crippen molar-refractivity contribution in [1.82, 2.24) is 20.3 Å². The summed E-state index contributed by atoms with van der Waals surface area (Å²) in [7, 11) is 0. The quantitative estimate of drug-likeness (QED) is 0.505. The molecule has 8 nitrogen and oxygen atoms in total. The van der Waals surface area contributed by atoms with Crippen LogP contribution in [0.1, 0.15) is 12.5 Å². The van der Waals surface area contributed by atoms with Gasteiger partial charge in [0.25, 0.3) is 0 Å². The molecule has 9 heteroatoms. The largest absolute Gasteiger partial charge is 0.477 e. The van der Waals surface area contributed by atoms with E-state index in [9.17, 15) is 0 Å². The number of hydrogen-bond acceptors (Lipinski definition) is 9. The van der Waals surface area contributed by atoms with E-state index in [1.807, 2.05) is 25.1 Å². The van der Waals surface area contributed by atoms with Gasteiger partial charge in [0.05, 0.1) is 12.3 Å². The number of anilines is 1. The number of nitrogens with zero attached hydrogens (tertiary/aromatic N) is 4. The Bertz CT molecular complexity index is 1330. The Morgan fingerprint density at radius 1 is 1.09 bits per heavy atom. The van der Waals surface area contributed by atoms with Crippen LogP contribution in [0, 0.1) is 6.92 Å². The van der Waals surface area contributed by atoms with E-state index in [2.05, 4.69) is 23.2 Å². The first-order chi connectivity index (χ1) is 15.7. The van der Waals surface area contributed by atoms with Crippen LogP contribution in [0.25, 0.3) is 31.7 Å². The molecule has 0 atom stereocenters. The van der Waals surface area contributed by atoms with Crippen LogP contribution in [0.5, 0.6) is 17.4 Å². The van der Waals surface area contributed by atoms with Crippen LogP contribution in [0.2, 0.25) is 0 Å². The van der Waals surface area contributed by atoms with Crippen LogP contribution in [-0.4, -0.2) is 54.5 Å². The Labute approximate surface area is 189 Å². The van der Waals surface area contributed by atoms with Crippen molar-refractivity contribution in [3.05, 3.63) is 29.8 Å². The molecule has 0 bridgehead atoms. The number of aryl methyl sites for hydroxylation is 1. The monoisotopic (exact) mass is 449 g/mol. The average Bonchev–Trinajstić information content (AvgIpc) is 3.44. The predicted octanol–water partition coefficient (Wildman–Crippen LogP) is 3.75. The summed E-state index contributed by atoms with van der Waals surface area (Å²) in [6, 6.07) is 8.04. The van der Waals surface area contributed by atoms with E-state index in [0.717, 1.165) is 80.9 Å². The number of pyridine rings is 1. The maximum Gasteiger partial charge on any atom is 0.236 e. The topological polar surface area (TPSA) is 81.6 Å². The lowest BCUT2D eigenvalue weighted by Crippen LogP contribution is -2.44. The summed E-state index contributed by atoms with van der Waals surface area (Å²) in [6.45, 7) is 8.51. The third kappa shape index (κ3) is 3.20. The summed E-state index contributed by atoms with van der Waals surface area (Å²) in [5, 5.41) is 4.44. The summed E-state index contributed by atoms with van der Waals surface area (Å²) >= 11 is 1.58. The Balaban J connectivity index is 1.51. The summed E-state index contributed by atoms with van der Waals surface area (Å²) in [4.78, 5) is 17.9. The minimum absolute atomic E-state index is 0.259. The molecule has 32 heavy (non-hydrogen) atoms. The molecule has 4 aromatic rings. The van der Waals surface area contributed by atoms with Crippen molar-refractivity contribution >= 4 is 37.7 Å². The maximum absolute atomic E-state index is 5.94. The molecule has 1 saturated heterocycles. The first-order valence-electron chi connectivity index (χ1n) is 10.8. The van der Waals surface area contributed by atoms with E-state index in [0.29, 0.717) is 12.5 Å². The van der Waals surface area contributed by atoms with Crippen LogP contribution in [0.3, 0.4) is 0 Å². The molecule has 2 aliphatic heterocycles. The molecule has 1 N–H and O–H groups in total. The number of benzene rings is 1. The lowest BCUT2D eigenvalue weighted by atomic mass is 10.1. The van der Waals surface area contributed by atoms with Crippen molar-refractivity contribution in [3.63, 3.8) is 0 Å². The molecule has 0 aliphatic carbocycles. The zero-order valence-corrected chi connectivity index (χ0v) is 18.8. The van der Waals surface area contributed by atoms with Crippen molar-refractivity contribution in [3.8, 4) is 28.6 Å². The number of nitrogens with one attached hydrogen (secondary N) is 1. The number of rotatable bonds is 4. The van der Waals surface area contributed by atoms with Gasteiger partial charge in [-0.15, -0.1) is 11.3 Å². The summed E-state index contributed by atoms with van der Waals surface area (Å²) in [6.07, 6.45) is 0. The highest BCUT2D eigenvalue weighted by Gasteiger charge is 2.22. The van der Waals surface area contributed by atoms with Gasteiger partial charge in [0.2, 0.25) is 18.6 Å². The van der Waals surface area contributed by atoms with Crippen LogP contribution in [-0.2, 0) is 0 Å². The predicted molar refractivity (Wildman–Crippen MR) is 125 cm³/mol. The van der Waals surface area contributed by atoms with Gasteiger partial charge in [-0.25, -0.2) is 9.97 Å². The maximum atomic E-state index is 5.94. The minimum Gasteiger partial charge on any atom is -0.477 e. The van der Waals surface area contributed by atoms with Gasteiger partial charge >= 0.3 is 0 Å². The SMILES string of the molecule is CCOc1nc(N2CCNCC2)nc2c1sc1nc(-c3ccc4c(c3)OCO4)cc(C)c12. The van der Waals surface area contributed by atoms with Crippen LogP contribution in [0.4, 0.5) is 5.95 Å². The molecular weight excluding hydrogens is 426 g/mol. The van der Waals surface area contributed by atoms with Crippen LogP contribution in [0.15, 0.2) is 24.3 Å². The number of piperazine rings is 1. The van der Waals surface area contributed by atoms with E-state index in [1.54, 1.807) is 11.3 Å². The first kappa shape index (κ1) is 19.5. The van der Waals surface area contributed by atoms with Gasteiger partial charge in [0.1, 0.15) is 15.0 Å². The Kier molecular flexibility index (Phi) is 4.73. The highest BCUT2D eigenvalue weighted by molar-refractivity contribution is 7.25. The van der Waals surface area contributed by atoms with Crippen molar-refractivity contribution in [1.29, 1.82) is 0 Å². The van der Waals surface area contributed by atoms with E-state index in [-0.39, 0.29) is 6.79 Å². The molecule has 0 saturated carbocycles. The molecule has 0 unspecified atom stereocenters. The number of hydrogen-bond donors (Lipinski definition) is 1. The normalized spacial score (nSPS) is 15.6. The lowest BCUT2D eigenvalue weighted by molar-refractivity contribution is 0.174. The molecule has 6 rings (SSSR count). The van der Waals surface area contributed by atoms with Crippen LogP contribution < -0.4 is 24.4 Å². The molecule has 0 radical (unpaired) electrons. The summed E-state index contributed by atoms with van der Waals surface area (Å²) in [5.74, 6) is 2.88. The fourth-order valence-electron chi connectivity index (χ4n) is 4.23. The molecule has 1 aromatic carbocycles. The van der Waals surface area contributed by atoms with E-state index in [4.69, 9.17) is 29.2 Å². The minimum atomic E-state index is 0.259. The second kappa shape index (κ2) is 7.75. The van der Waals surface area contributed by atoms with Gasteiger partial charge in [-0.2, -0.15) is 4.98 Å². The highest BCUT2D eigenvalue weighted by atomic mass is 32.1. The highest BCUT2D eigenvalue weighted by Crippen LogP contribution is 2.41. The van der Waals surface area contributed by atoms with Gasteiger partial charge < -0.3 is 24.4 Å². The Morgan fingerprint density at radius 3 is 2.78 bits per heavy atom. The molecule has 164 valence electrons. The molecule has 0 spiro atoms. The fraction of sp³-hybridized carbons (Fsp3) is 0.348. The van der Waals surface area contributed by atoms with Crippen molar-refractivity contribution in [2.75, 3.05) is 44.5 Å². The molecule has 1 fully saturated rings. The summed E-state index contributed by atoms with van der Waals surface area (Å²) in [5.41, 5.74) is 3.93. The third-order valence-corrected chi connectivity index (χ3v) is 6.85. The van der Waals surface area contributed by atoms with Gasteiger partial charge in [0.15, 0.2) is 11.5 Å². The fourth-order valence-corrected chi connectivity index (χ4v) is 5.36. The van der Waals surface area contributed by atoms with Gasteiger partial charge in [-0.3, -0.25) is 0 Å². The van der Waals surface area contributed by atoms with Crippen LogP contribution >= 0.6 is 11.3 Å². The van der Waals surface area contributed by atoms with Gasteiger partial charge in [0, 0.05) is 37.1 Å². The number of thiophene rings is 1. The zero-order chi connectivity index (χ0) is 21.7. The molecule has 2 aliphatic rings. The van der Waals surface area contributed by atoms with E-state index in [1.165, 1.54) is 0 Å². The molecule has 3 aromatic heterocycles. The average molecular weight is 450 g/mol.